The summed E-state index contributed by atoms with van der Waals surface area (Å²) in [6.45, 7) is 0. The van der Waals surface area contributed by atoms with Crippen molar-refractivity contribution in [3.8, 4) is 0 Å². The second kappa shape index (κ2) is 5.40. The van der Waals surface area contributed by atoms with Gasteiger partial charge in [-0.15, -0.1) is 0 Å². The lowest BCUT2D eigenvalue weighted by Crippen LogP contribution is -2.26. The molecule has 2 rings (SSSR count). The second-order valence-electron chi connectivity index (χ2n) is 4.25. The van der Waals surface area contributed by atoms with E-state index in [4.69, 9.17) is 5.73 Å². The Morgan fingerprint density at radius 2 is 2.41 bits per heavy atom. The number of amides is 1. The van der Waals surface area contributed by atoms with E-state index in [-0.39, 0.29) is 0 Å². The van der Waals surface area contributed by atoms with Gasteiger partial charge in [0.25, 0.3) is 5.91 Å². The van der Waals surface area contributed by atoms with Crippen LogP contribution in [-0.2, 0) is 0 Å². The van der Waals surface area contributed by atoms with Crippen LogP contribution in [0.3, 0.4) is 0 Å². The predicted octanol–water partition coefficient (Wildman–Crippen LogP) is 1.88. The Hall–Kier alpha value is -1.23. The smallest absolute Gasteiger partial charge is 0.267 e. The van der Waals surface area contributed by atoms with Crippen LogP contribution in [-0.4, -0.2) is 28.4 Å². The molecule has 1 aromatic heterocycles. The fourth-order valence-electron chi connectivity index (χ4n) is 2.24. The molecule has 5 heteroatoms. The molecule has 0 aromatic carbocycles. The number of nitrogens with zero attached hydrogens (tertiary/aromatic N) is 1. The Morgan fingerprint density at radius 3 is 3.12 bits per heavy atom. The highest BCUT2D eigenvalue weighted by Crippen LogP contribution is 2.30. The highest BCUT2D eigenvalue weighted by atomic mass is 32.2. The van der Waals surface area contributed by atoms with Crippen LogP contribution < -0.4 is 11.1 Å². The molecule has 0 bridgehead atoms. The highest BCUT2D eigenvalue weighted by Gasteiger charge is 2.26. The van der Waals surface area contributed by atoms with Gasteiger partial charge in [0.2, 0.25) is 0 Å². The average molecular weight is 251 g/mol. The number of carbonyl (C=O) groups is 1. The Labute approximate surface area is 105 Å². The van der Waals surface area contributed by atoms with Crippen molar-refractivity contribution in [1.29, 1.82) is 0 Å². The van der Waals surface area contributed by atoms with Gasteiger partial charge in [0, 0.05) is 23.2 Å². The van der Waals surface area contributed by atoms with Crippen molar-refractivity contribution in [2.45, 2.75) is 30.6 Å². The van der Waals surface area contributed by atoms with Crippen LogP contribution in [0.5, 0.6) is 0 Å². The molecule has 1 fully saturated rings. The van der Waals surface area contributed by atoms with E-state index in [0.29, 0.717) is 17.0 Å². The molecule has 0 aliphatic heterocycles. The van der Waals surface area contributed by atoms with Crippen LogP contribution >= 0.6 is 11.8 Å². The van der Waals surface area contributed by atoms with Crippen molar-refractivity contribution in [3.63, 3.8) is 0 Å². The van der Waals surface area contributed by atoms with E-state index in [1.165, 1.54) is 19.3 Å². The van der Waals surface area contributed by atoms with Crippen LogP contribution in [0, 0.1) is 0 Å². The van der Waals surface area contributed by atoms with Crippen molar-refractivity contribution in [3.05, 3.63) is 24.0 Å². The molecule has 0 saturated heterocycles. The number of primary amides is 1. The molecule has 4 nitrogen and oxygen atoms in total. The number of thioether (sulfide) groups is 1. The lowest BCUT2D eigenvalue weighted by atomic mass is 10.2. The maximum atomic E-state index is 11.0. The Morgan fingerprint density at radius 1 is 1.59 bits per heavy atom. The second-order valence-corrected chi connectivity index (χ2v) is 5.33. The van der Waals surface area contributed by atoms with Gasteiger partial charge in [0.1, 0.15) is 5.69 Å². The van der Waals surface area contributed by atoms with Crippen LogP contribution in [0.1, 0.15) is 29.8 Å². The molecular formula is C12H17N3OS. The topological polar surface area (TPSA) is 68.0 Å². The van der Waals surface area contributed by atoms with Crippen molar-refractivity contribution >= 4 is 23.4 Å². The first-order valence-electron chi connectivity index (χ1n) is 5.76. The molecule has 1 heterocycles. The summed E-state index contributed by atoms with van der Waals surface area (Å²) in [4.78, 5) is 15.0. The van der Waals surface area contributed by atoms with Gasteiger partial charge in [-0.05, 0) is 31.2 Å². The third kappa shape index (κ3) is 2.91. The molecule has 0 spiro atoms. The lowest BCUT2D eigenvalue weighted by Gasteiger charge is -2.20. The minimum Gasteiger partial charge on any atom is -0.381 e. The Kier molecular flexibility index (Phi) is 3.89. The number of hydrogen-bond donors (Lipinski definition) is 2. The lowest BCUT2D eigenvalue weighted by molar-refractivity contribution is 0.0995. The summed E-state index contributed by atoms with van der Waals surface area (Å²) < 4.78 is 0. The maximum absolute atomic E-state index is 11.0. The van der Waals surface area contributed by atoms with Gasteiger partial charge >= 0.3 is 0 Å². The molecule has 17 heavy (non-hydrogen) atoms. The molecule has 0 radical (unpaired) electrons. The van der Waals surface area contributed by atoms with Gasteiger partial charge in [-0.25, -0.2) is 0 Å². The monoisotopic (exact) mass is 251 g/mol. The number of rotatable bonds is 4. The number of pyridine rings is 1. The third-order valence-electron chi connectivity index (χ3n) is 3.12. The van der Waals surface area contributed by atoms with E-state index in [1.807, 2.05) is 17.8 Å². The van der Waals surface area contributed by atoms with Gasteiger partial charge in [-0.1, -0.05) is 6.42 Å². The van der Waals surface area contributed by atoms with E-state index in [2.05, 4.69) is 16.6 Å². The van der Waals surface area contributed by atoms with Crippen molar-refractivity contribution < 1.29 is 4.79 Å². The number of nitrogens with two attached hydrogens (primary N) is 1. The minimum atomic E-state index is -0.485. The summed E-state index contributed by atoms with van der Waals surface area (Å²) in [5.41, 5.74) is 6.45. The van der Waals surface area contributed by atoms with Crippen LogP contribution in [0.15, 0.2) is 18.3 Å². The van der Waals surface area contributed by atoms with Crippen LogP contribution in [0.2, 0.25) is 0 Å². The molecule has 2 unspecified atom stereocenters. The summed E-state index contributed by atoms with van der Waals surface area (Å²) in [6.07, 6.45) is 7.46. The van der Waals surface area contributed by atoms with E-state index in [1.54, 1.807) is 12.3 Å². The van der Waals surface area contributed by atoms with Gasteiger partial charge in [0.05, 0.1) is 0 Å². The summed E-state index contributed by atoms with van der Waals surface area (Å²) in [6, 6.07) is 4.08. The predicted molar refractivity (Wildman–Crippen MR) is 71.3 cm³/mol. The highest BCUT2D eigenvalue weighted by molar-refractivity contribution is 7.99. The SMILES string of the molecule is CSC1CCCC1Nc1ccnc(C(N)=O)c1. The molecule has 1 aromatic rings. The molecule has 3 N–H and O–H groups in total. The number of nitrogens with one attached hydrogen (secondary N) is 1. The summed E-state index contributed by atoms with van der Waals surface area (Å²) in [5, 5.41) is 4.12. The zero-order chi connectivity index (χ0) is 12.3. The number of aromatic nitrogens is 1. The molecule has 1 saturated carbocycles. The fourth-order valence-corrected chi connectivity index (χ4v) is 3.18. The Balaban J connectivity index is 2.07. The molecule has 1 aliphatic rings. The normalized spacial score (nSPS) is 23.6. The summed E-state index contributed by atoms with van der Waals surface area (Å²) in [7, 11) is 0. The van der Waals surface area contributed by atoms with Crippen LogP contribution in [0.25, 0.3) is 0 Å². The number of anilines is 1. The quantitative estimate of drug-likeness (QED) is 0.857. The Bertz CT molecular complexity index is 410. The van der Waals surface area contributed by atoms with E-state index < -0.39 is 5.91 Å². The molecule has 2 atom stereocenters. The first-order valence-corrected chi connectivity index (χ1v) is 7.04. The third-order valence-corrected chi connectivity index (χ3v) is 4.29. The first kappa shape index (κ1) is 12.2. The molecular weight excluding hydrogens is 234 g/mol. The molecule has 1 amide bonds. The summed E-state index contributed by atoms with van der Waals surface area (Å²) >= 11 is 1.90. The van der Waals surface area contributed by atoms with Crippen LogP contribution in [0.4, 0.5) is 5.69 Å². The zero-order valence-corrected chi connectivity index (χ0v) is 10.7. The zero-order valence-electron chi connectivity index (χ0n) is 9.85. The first-order chi connectivity index (χ1) is 8.20. The fraction of sp³-hybridized carbons (Fsp3) is 0.500. The van der Waals surface area contributed by atoms with Crippen molar-refractivity contribution in [2.24, 2.45) is 5.73 Å². The minimum absolute atomic E-state index is 0.314. The van der Waals surface area contributed by atoms with Gasteiger partial charge in [-0.3, -0.25) is 9.78 Å². The van der Waals surface area contributed by atoms with E-state index in [0.717, 1.165) is 5.69 Å². The van der Waals surface area contributed by atoms with Gasteiger partial charge < -0.3 is 11.1 Å². The average Bonchev–Trinajstić information content (AvgIpc) is 2.76. The van der Waals surface area contributed by atoms with Gasteiger partial charge in [-0.2, -0.15) is 11.8 Å². The number of hydrogen-bond acceptors (Lipinski definition) is 4. The maximum Gasteiger partial charge on any atom is 0.267 e. The largest absolute Gasteiger partial charge is 0.381 e. The van der Waals surface area contributed by atoms with E-state index in [9.17, 15) is 4.79 Å². The van der Waals surface area contributed by atoms with E-state index >= 15 is 0 Å². The van der Waals surface area contributed by atoms with Crippen molar-refractivity contribution in [2.75, 3.05) is 11.6 Å². The number of carbonyl (C=O) groups excluding carboxylic acids is 1. The molecule has 92 valence electrons. The van der Waals surface area contributed by atoms with Crippen molar-refractivity contribution in [1.82, 2.24) is 4.98 Å². The summed E-state index contributed by atoms with van der Waals surface area (Å²) in [5.74, 6) is -0.485. The van der Waals surface area contributed by atoms with Gasteiger partial charge in [0.15, 0.2) is 0 Å². The standard InChI is InChI=1S/C12H17N3OS/c1-17-11-4-2-3-9(11)15-8-5-6-14-10(7-8)12(13)16/h5-7,9,11H,2-4H2,1H3,(H2,13,16)(H,14,15). The molecule has 1 aliphatic carbocycles.